The second kappa shape index (κ2) is 10.1. The highest BCUT2D eigenvalue weighted by Crippen LogP contribution is 2.29. The van der Waals surface area contributed by atoms with E-state index in [1.807, 2.05) is 6.07 Å². The summed E-state index contributed by atoms with van der Waals surface area (Å²) in [5.41, 5.74) is 11.1. The average Bonchev–Trinajstić information content (AvgIpc) is 3.03. The summed E-state index contributed by atoms with van der Waals surface area (Å²) in [4.78, 5) is 10.7. The lowest BCUT2D eigenvalue weighted by Gasteiger charge is -2.35. The number of piperidine rings is 1. The monoisotopic (exact) mass is 382 g/mol. The summed E-state index contributed by atoms with van der Waals surface area (Å²) in [6, 6.07) is 2.76. The number of pyridine rings is 1. The highest BCUT2D eigenvalue weighted by molar-refractivity contribution is 5.87. The second-order valence-electron chi connectivity index (χ2n) is 8.53. The number of nitrogen functional groups attached to an aromatic ring is 1. The van der Waals surface area contributed by atoms with Gasteiger partial charge in [-0.25, -0.2) is 4.98 Å². The van der Waals surface area contributed by atoms with E-state index in [2.05, 4.69) is 35.3 Å². The Bertz CT molecular complexity index is 770. The Morgan fingerprint density at radius 3 is 2.71 bits per heavy atom. The molecule has 1 atom stereocenters. The lowest BCUT2D eigenvalue weighted by Crippen LogP contribution is -2.39. The SMILES string of the molecule is C=C(CCCC(CCCCC)N1CCCCC1)c1[nH]c2ncc(N)cc2c1C. The van der Waals surface area contributed by atoms with Crippen molar-refractivity contribution in [3.63, 3.8) is 0 Å². The molecule has 154 valence electrons. The van der Waals surface area contributed by atoms with Crippen LogP contribution >= 0.6 is 0 Å². The molecule has 4 heteroatoms. The molecule has 2 aromatic heterocycles. The number of rotatable bonds is 10. The van der Waals surface area contributed by atoms with E-state index in [1.54, 1.807) is 6.20 Å². The van der Waals surface area contributed by atoms with Gasteiger partial charge in [-0.05, 0) is 75.7 Å². The molecule has 3 N–H and O–H groups in total. The van der Waals surface area contributed by atoms with E-state index in [-0.39, 0.29) is 0 Å². The van der Waals surface area contributed by atoms with Crippen LogP contribution in [0.4, 0.5) is 5.69 Å². The minimum absolute atomic E-state index is 0.711. The molecule has 0 radical (unpaired) electrons. The molecule has 4 nitrogen and oxygen atoms in total. The molecule has 28 heavy (non-hydrogen) atoms. The van der Waals surface area contributed by atoms with Crippen LogP contribution in [0, 0.1) is 6.92 Å². The van der Waals surface area contributed by atoms with E-state index in [4.69, 9.17) is 5.73 Å². The molecule has 0 aliphatic carbocycles. The number of fused-ring (bicyclic) bond motifs is 1. The van der Waals surface area contributed by atoms with Crippen LogP contribution in [0.25, 0.3) is 16.6 Å². The van der Waals surface area contributed by atoms with E-state index < -0.39 is 0 Å². The fraction of sp³-hybridized carbons (Fsp3) is 0.625. The molecule has 0 bridgehead atoms. The van der Waals surface area contributed by atoms with Crippen LogP contribution in [0.1, 0.15) is 82.4 Å². The molecule has 1 aliphatic rings. The van der Waals surface area contributed by atoms with Crippen molar-refractivity contribution in [3.05, 3.63) is 30.1 Å². The molecule has 0 saturated carbocycles. The molecule has 3 rings (SSSR count). The van der Waals surface area contributed by atoms with E-state index >= 15 is 0 Å². The topological polar surface area (TPSA) is 57.9 Å². The number of unbranched alkanes of at least 4 members (excludes halogenated alkanes) is 2. The van der Waals surface area contributed by atoms with Gasteiger partial charge in [0, 0.05) is 17.1 Å². The molecule has 0 amide bonds. The third-order valence-corrected chi connectivity index (χ3v) is 6.35. The number of nitrogens with one attached hydrogen (secondary N) is 1. The van der Waals surface area contributed by atoms with Gasteiger partial charge < -0.3 is 15.6 Å². The minimum Gasteiger partial charge on any atom is -0.397 e. The van der Waals surface area contributed by atoms with Gasteiger partial charge in [0.2, 0.25) is 0 Å². The Morgan fingerprint density at radius 2 is 1.96 bits per heavy atom. The van der Waals surface area contributed by atoms with Gasteiger partial charge in [0.1, 0.15) is 5.65 Å². The van der Waals surface area contributed by atoms with Crippen LogP contribution in [0.3, 0.4) is 0 Å². The predicted octanol–water partition coefficient (Wildman–Crippen LogP) is 6.07. The van der Waals surface area contributed by atoms with Crippen molar-refractivity contribution < 1.29 is 0 Å². The second-order valence-corrected chi connectivity index (χ2v) is 8.53. The third-order valence-electron chi connectivity index (χ3n) is 6.35. The summed E-state index contributed by atoms with van der Waals surface area (Å²) in [6.07, 6.45) is 14.8. The summed E-state index contributed by atoms with van der Waals surface area (Å²) < 4.78 is 0. The molecule has 2 aromatic rings. The summed E-state index contributed by atoms with van der Waals surface area (Å²) in [5.74, 6) is 0. The zero-order valence-corrected chi connectivity index (χ0v) is 17.9. The van der Waals surface area contributed by atoms with Crippen molar-refractivity contribution in [3.8, 4) is 0 Å². The standard InChI is InChI=1S/C24H38N4/c1-4-5-7-12-21(28-14-8-6-9-15-28)13-10-11-18(2)23-19(3)22-16-20(25)17-26-24(22)27-23/h16-17,21H,2,4-15,25H2,1,3H3,(H,26,27). The van der Waals surface area contributed by atoms with Crippen LogP contribution < -0.4 is 5.73 Å². The highest BCUT2D eigenvalue weighted by Gasteiger charge is 2.20. The van der Waals surface area contributed by atoms with Gasteiger partial charge in [0.05, 0.1) is 11.9 Å². The van der Waals surface area contributed by atoms with E-state index in [1.165, 1.54) is 82.0 Å². The maximum atomic E-state index is 5.91. The summed E-state index contributed by atoms with van der Waals surface area (Å²) >= 11 is 0. The number of aryl methyl sites for hydroxylation is 1. The van der Waals surface area contributed by atoms with Crippen molar-refractivity contribution in [1.82, 2.24) is 14.9 Å². The molecule has 3 heterocycles. The number of nitrogens with zero attached hydrogens (tertiary/aromatic N) is 2. The summed E-state index contributed by atoms with van der Waals surface area (Å²) in [7, 11) is 0. The smallest absolute Gasteiger partial charge is 0.138 e. The quantitative estimate of drug-likeness (QED) is 0.490. The van der Waals surface area contributed by atoms with Gasteiger partial charge >= 0.3 is 0 Å². The lowest BCUT2D eigenvalue weighted by atomic mass is 9.96. The molecule has 1 fully saturated rings. The average molecular weight is 383 g/mol. The van der Waals surface area contributed by atoms with Crippen LogP contribution in [-0.2, 0) is 0 Å². The lowest BCUT2D eigenvalue weighted by molar-refractivity contribution is 0.143. The fourth-order valence-corrected chi connectivity index (χ4v) is 4.67. The maximum Gasteiger partial charge on any atom is 0.138 e. The molecule has 1 saturated heterocycles. The van der Waals surface area contributed by atoms with Crippen LogP contribution in [0.5, 0.6) is 0 Å². The maximum absolute atomic E-state index is 5.91. The summed E-state index contributed by atoms with van der Waals surface area (Å²) in [5, 5.41) is 1.11. The Morgan fingerprint density at radius 1 is 1.21 bits per heavy atom. The first-order valence-electron chi connectivity index (χ1n) is 11.3. The molecule has 0 aromatic carbocycles. The first-order valence-corrected chi connectivity index (χ1v) is 11.3. The minimum atomic E-state index is 0.711. The number of likely N-dealkylation sites (tertiary alicyclic amines) is 1. The van der Waals surface area contributed by atoms with Gasteiger partial charge in [-0.2, -0.15) is 0 Å². The number of aromatic amines is 1. The van der Waals surface area contributed by atoms with Crippen molar-refractivity contribution in [1.29, 1.82) is 0 Å². The van der Waals surface area contributed by atoms with Crippen LogP contribution in [-0.4, -0.2) is 34.0 Å². The van der Waals surface area contributed by atoms with Crippen molar-refractivity contribution >= 4 is 22.3 Å². The van der Waals surface area contributed by atoms with Gasteiger partial charge in [-0.15, -0.1) is 0 Å². The number of H-pyrrole nitrogens is 1. The van der Waals surface area contributed by atoms with Crippen molar-refractivity contribution in [2.45, 2.75) is 84.1 Å². The van der Waals surface area contributed by atoms with Gasteiger partial charge in [-0.3, -0.25) is 0 Å². The zero-order chi connectivity index (χ0) is 19.9. The van der Waals surface area contributed by atoms with E-state index in [0.717, 1.165) is 29.2 Å². The van der Waals surface area contributed by atoms with E-state index in [0.29, 0.717) is 5.69 Å². The third kappa shape index (κ3) is 5.16. The van der Waals surface area contributed by atoms with Crippen LogP contribution in [0.2, 0.25) is 0 Å². The normalized spacial score (nSPS) is 16.5. The van der Waals surface area contributed by atoms with Crippen molar-refractivity contribution in [2.24, 2.45) is 0 Å². The van der Waals surface area contributed by atoms with Crippen LogP contribution in [0.15, 0.2) is 18.8 Å². The number of allylic oxidation sites excluding steroid dienone is 1. The molecular weight excluding hydrogens is 344 g/mol. The number of aromatic nitrogens is 2. The van der Waals surface area contributed by atoms with Gasteiger partial charge in [0.15, 0.2) is 0 Å². The number of hydrogen-bond donors (Lipinski definition) is 2. The first-order chi connectivity index (χ1) is 13.6. The van der Waals surface area contributed by atoms with Gasteiger partial charge in [-0.1, -0.05) is 39.2 Å². The zero-order valence-electron chi connectivity index (χ0n) is 17.9. The predicted molar refractivity (Wildman–Crippen MR) is 121 cm³/mol. The Labute approximate surface area is 170 Å². The van der Waals surface area contributed by atoms with Gasteiger partial charge in [0.25, 0.3) is 0 Å². The number of nitrogens with two attached hydrogens (primary N) is 1. The fourth-order valence-electron chi connectivity index (χ4n) is 4.67. The molecule has 1 aliphatic heterocycles. The Hall–Kier alpha value is -1.81. The Balaban J connectivity index is 1.58. The summed E-state index contributed by atoms with van der Waals surface area (Å²) in [6.45, 7) is 11.4. The highest BCUT2D eigenvalue weighted by atomic mass is 15.2. The molecule has 1 unspecified atom stereocenters. The molecular formula is C24H38N4. The first kappa shape index (κ1) is 20.9. The largest absolute Gasteiger partial charge is 0.397 e. The Kier molecular flexibility index (Phi) is 7.55. The molecule has 0 spiro atoms. The van der Waals surface area contributed by atoms with Crippen molar-refractivity contribution in [2.75, 3.05) is 18.8 Å². The number of hydrogen-bond acceptors (Lipinski definition) is 3. The number of anilines is 1. The van der Waals surface area contributed by atoms with E-state index in [9.17, 15) is 0 Å².